The third-order valence-electron chi connectivity index (χ3n) is 2.92. The van der Waals surface area contributed by atoms with Gasteiger partial charge in [0.25, 0.3) is 0 Å². The van der Waals surface area contributed by atoms with E-state index < -0.39 is 0 Å². The summed E-state index contributed by atoms with van der Waals surface area (Å²) in [5.74, 6) is 2.17. The molecule has 1 aliphatic carbocycles. The van der Waals surface area contributed by atoms with E-state index in [1.165, 1.54) is 19.3 Å². The largest absolute Gasteiger partial charge is 0.481 e. The summed E-state index contributed by atoms with van der Waals surface area (Å²) in [5.41, 5.74) is 6.51. The highest BCUT2D eigenvalue weighted by Gasteiger charge is 2.23. The Morgan fingerprint density at radius 2 is 2.33 bits per heavy atom. The second-order valence-electron chi connectivity index (χ2n) is 3.93. The lowest BCUT2D eigenvalue weighted by atomic mass is 9.85. The standard InChI is InChI=1S/C11H17N3O/c1-15-11-9(5-6-12)7-13-10(14-11)8-3-2-4-8/h7-8H,2-6,12H2,1H3. The van der Waals surface area contributed by atoms with Crippen LogP contribution in [-0.4, -0.2) is 23.6 Å². The minimum Gasteiger partial charge on any atom is -0.481 e. The second-order valence-corrected chi connectivity index (χ2v) is 3.93. The molecular formula is C11H17N3O. The number of hydrogen-bond acceptors (Lipinski definition) is 4. The number of ether oxygens (including phenoxy) is 1. The first-order chi connectivity index (χ1) is 7.35. The molecule has 0 radical (unpaired) electrons. The molecule has 0 spiro atoms. The minimum atomic E-state index is 0.547. The van der Waals surface area contributed by atoms with Crippen LogP contribution in [0, 0.1) is 0 Å². The summed E-state index contributed by atoms with van der Waals surface area (Å²) in [5, 5.41) is 0. The average Bonchev–Trinajstić information content (AvgIpc) is 2.18. The van der Waals surface area contributed by atoms with Crippen molar-refractivity contribution in [3.63, 3.8) is 0 Å². The second kappa shape index (κ2) is 4.57. The molecule has 0 saturated heterocycles. The molecule has 1 fully saturated rings. The molecule has 1 aromatic rings. The lowest BCUT2D eigenvalue weighted by Gasteiger charge is -2.24. The van der Waals surface area contributed by atoms with Gasteiger partial charge in [-0.3, -0.25) is 0 Å². The van der Waals surface area contributed by atoms with Gasteiger partial charge in [-0.05, 0) is 25.8 Å². The fourth-order valence-electron chi connectivity index (χ4n) is 1.77. The first-order valence-electron chi connectivity index (χ1n) is 5.45. The van der Waals surface area contributed by atoms with Crippen LogP contribution in [0.3, 0.4) is 0 Å². The van der Waals surface area contributed by atoms with E-state index in [0.29, 0.717) is 18.3 Å². The molecule has 4 heteroatoms. The van der Waals surface area contributed by atoms with Gasteiger partial charge in [0.15, 0.2) is 0 Å². The Balaban J connectivity index is 2.21. The quantitative estimate of drug-likeness (QED) is 0.807. The molecule has 4 nitrogen and oxygen atoms in total. The number of hydrogen-bond donors (Lipinski definition) is 1. The normalized spacial score (nSPS) is 16.1. The van der Waals surface area contributed by atoms with Crippen LogP contribution in [0.25, 0.3) is 0 Å². The molecule has 1 saturated carbocycles. The fraction of sp³-hybridized carbons (Fsp3) is 0.636. The van der Waals surface area contributed by atoms with E-state index in [1.54, 1.807) is 7.11 Å². The lowest BCUT2D eigenvalue weighted by molar-refractivity contribution is 0.368. The van der Waals surface area contributed by atoms with Gasteiger partial charge in [-0.25, -0.2) is 4.98 Å². The average molecular weight is 207 g/mol. The van der Waals surface area contributed by atoms with Gasteiger partial charge in [0.2, 0.25) is 5.88 Å². The number of methoxy groups -OCH3 is 1. The van der Waals surface area contributed by atoms with Crippen LogP contribution in [0.4, 0.5) is 0 Å². The van der Waals surface area contributed by atoms with Crippen molar-refractivity contribution in [2.45, 2.75) is 31.6 Å². The molecule has 2 N–H and O–H groups in total. The van der Waals surface area contributed by atoms with E-state index in [4.69, 9.17) is 10.5 Å². The fourth-order valence-corrected chi connectivity index (χ4v) is 1.77. The van der Waals surface area contributed by atoms with Gasteiger partial charge >= 0.3 is 0 Å². The summed E-state index contributed by atoms with van der Waals surface area (Å²) in [4.78, 5) is 8.82. The highest BCUT2D eigenvalue weighted by molar-refractivity contribution is 5.25. The van der Waals surface area contributed by atoms with Crippen LogP contribution in [0.2, 0.25) is 0 Å². The Morgan fingerprint density at radius 3 is 2.87 bits per heavy atom. The molecule has 1 heterocycles. The Hall–Kier alpha value is -1.16. The summed E-state index contributed by atoms with van der Waals surface area (Å²) in [6, 6.07) is 0. The zero-order chi connectivity index (χ0) is 10.7. The SMILES string of the molecule is COc1nc(C2CCC2)ncc1CCN. The molecule has 0 aromatic carbocycles. The monoisotopic (exact) mass is 207 g/mol. The molecule has 0 atom stereocenters. The molecule has 1 aliphatic rings. The Kier molecular flexibility index (Phi) is 3.16. The van der Waals surface area contributed by atoms with Crippen molar-refractivity contribution in [3.8, 4) is 5.88 Å². The van der Waals surface area contributed by atoms with Gasteiger partial charge in [-0.15, -0.1) is 0 Å². The minimum absolute atomic E-state index is 0.547. The molecular weight excluding hydrogens is 190 g/mol. The summed E-state index contributed by atoms with van der Waals surface area (Å²) < 4.78 is 5.25. The van der Waals surface area contributed by atoms with Crippen LogP contribution < -0.4 is 10.5 Å². The third kappa shape index (κ3) is 2.09. The molecule has 2 rings (SSSR count). The molecule has 1 aromatic heterocycles. The van der Waals surface area contributed by atoms with Crippen molar-refractivity contribution in [3.05, 3.63) is 17.6 Å². The summed E-state index contributed by atoms with van der Waals surface area (Å²) >= 11 is 0. The zero-order valence-electron chi connectivity index (χ0n) is 9.07. The molecule has 0 bridgehead atoms. The van der Waals surface area contributed by atoms with Crippen LogP contribution in [0.5, 0.6) is 5.88 Å². The number of nitrogens with zero attached hydrogens (tertiary/aromatic N) is 2. The van der Waals surface area contributed by atoms with Crippen molar-refractivity contribution in [2.24, 2.45) is 5.73 Å². The summed E-state index contributed by atoms with van der Waals surface area (Å²) in [6.45, 7) is 0.600. The first kappa shape index (κ1) is 10.4. The van der Waals surface area contributed by atoms with Gasteiger partial charge in [0, 0.05) is 17.7 Å². The van der Waals surface area contributed by atoms with Crippen molar-refractivity contribution in [2.75, 3.05) is 13.7 Å². The summed E-state index contributed by atoms with van der Waals surface area (Å²) in [6.07, 6.45) is 6.33. The van der Waals surface area contributed by atoms with Crippen LogP contribution >= 0.6 is 0 Å². The topological polar surface area (TPSA) is 61.0 Å². The number of nitrogens with two attached hydrogens (primary N) is 1. The Labute approximate surface area is 89.9 Å². The molecule has 0 unspecified atom stereocenters. The number of rotatable bonds is 4. The first-order valence-corrected chi connectivity index (χ1v) is 5.45. The highest BCUT2D eigenvalue weighted by atomic mass is 16.5. The van der Waals surface area contributed by atoms with E-state index in [-0.39, 0.29) is 0 Å². The van der Waals surface area contributed by atoms with Gasteiger partial charge in [0.05, 0.1) is 7.11 Å². The van der Waals surface area contributed by atoms with Crippen LogP contribution in [-0.2, 0) is 6.42 Å². The highest BCUT2D eigenvalue weighted by Crippen LogP contribution is 2.35. The number of aromatic nitrogens is 2. The predicted molar refractivity (Wildman–Crippen MR) is 57.9 cm³/mol. The maximum absolute atomic E-state index is 5.51. The third-order valence-corrected chi connectivity index (χ3v) is 2.92. The maximum Gasteiger partial charge on any atom is 0.219 e. The molecule has 82 valence electrons. The van der Waals surface area contributed by atoms with Gasteiger partial charge in [0.1, 0.15) is 5.82 Å². The van der Waals surface area contributed by atoms with Gasteiger partial charge in [-0.2, -0.15) is 4.98 Å². The van der Waals surface area contributed by atoms with Gasteiger partial charge in [-0.1, -0.05) is 6.42 Å². The lowest BCUT2D eigenvalue weighted by Crippen LogP contribution is -2.14. The maximum atomic E-state index is 5.51. The van der Waals surface area contributed by atoms with Crippen LogP contribution in [0.1, 0.15) is 36.6 Å². The van der Waals surface area contributed by atoms with Crippen molar-refractivity contribution in [1.29, 1.82) is 0 Å². The van der Waals surface area contributed by atoms with E-state index in [0.717, 1.165) is 17.8 Å². The smallest absolute Gasteiger partial charge is 0.219 e. The predicted octanol–water partition coefficient (Wildman–Crippen LogP) is 1.25. The van der Waals surface area contributed by atoms with Crippen LogP contribution in [0.15, 0.2) is 6.20 Å². The van der Waals surface area contributed by atoms with Crippen molar-refractivity contribution in [1.82, 2.24) is 9.97 Å². The molecule has 15 heavy (non-hydrogen) atoms. The van der Waals surface area contributed by atoms with E-state index in [1.807, 2.05) is 6.20 Å². The van der Waals surface area contributed by atoms with E-state index in [9.17, 15) is 0 Å². The van der Waals surface area contributed by atoms with Crippen molar-refractivity contribution >= 4 is 0 Å². The zero-order valence-corrected chi connectivity index (χ0v) is 9.07. The van der Waals surface area contributed by atoms with Crippen molar-refractivity contribution < 1.29 is 4.74 Å². The Bertz CT molecular complexity index is 337. The Morgan fingerprint density at radius 1 is 1.53 bits per heavy atom. The van der Waals surface area contributed by atoms with E-state index >= 15 is 0 Å². The van der Waals surface area contributed by atoms with E-state index in [2.05, 4.69) is 9.97 Å². The molecule has 0 amide bonds. The van der Waals surface area contributed by atoms with Gasteiger partial charge < -0.3 is 10.5 Å². The molecule has 0 aliphatic heterocycles. The summed E-state index contributed by atoms with van der Waals surface area (Å²) in [7, 11) is 1.65.